The van der Waals surface area contributed by atoms with Crippen LogP contribution in [-0.2, 0) is 6.54 Å². The molecule has 110 valence electrons. The van der Waals surface area contributed by atoms with Gasteiger partial charge in [0.25, 0.3) is 0 Å². The molecule has 2 amide bonds. The number of hydrogen-bond acceptors (Lipinski definition) is 3. The van der Waals surface area contributed by atoms with Crippen molar-refractivity contribution < 1.29 is 14.7 Å². The highest BCUT2D eigenvalue weighted by molar-refractivity contribution is 5.92. The maximum absolute atomic E-state index is 11.1. The third-order valence-corrected chi connectivity index (χ3v) is 3.60. The van der Waals surface area contributed by atoms with Gasteiger partial charge in [-0.25, -0.2) is 14.6 Å². The summed E-state index contributed by atoms with van der Waals surface area (Å²) in [6, 6.07) is 4.34. The van der Waals surface area contributed by atoms with E-state index in [4.69, 9.17) is 10.8 Å². The molecule has 2 aromatic rings. The minimum absolute atomic E-state index is 0.230. The Kier molecular flexibility index (Phi) is 3.25. The van der Waals surface area contributed by atoms with Crippen molar-refractivity contribution in [1.29, 1.82) is 0 Å². The molecular formula is C14H16N4O3. The molecule has 1 heterocycles. The van der Waals surface area contributed by atoms with Gasteiger partial charge in [-0.1, -0.05) is 0 Å². The molecule has 1 fully saturated rings. The number of amides is 2. The van der Waals surface area contributed by atoms with Crippen LogP contribution < -0.4 is 11.1 Å². The average Bonchev–Trinajstić information content (AvgIpc) is 3.21. The van der Waals surface area contributed by atoms with Crippen molar-refractivity contribution >= 4 is 23.0 Å². The largest absolute Gasteiger partial charge is 0.478 e. The summed E-state index contributed by atoms with van der Waals surface area (Å²) in [6.45, 7) is 0.909. The number of carboxylic acid groups (broad SMARTS) is 1. The van der Waals surface area contributed by atoms with Crippen molar-refractivity contribution in [1.82, 2.24) is 14.9 Å². The second kappa shape index (κ2) is 5.08. The molecule has 4 N–H and O–H groups in total. The van der Waals surface area contributed by atoms with Gasteiger partial charge >= 0.3 is 12.0 Å². The highest BCUT2D eigenvalue weighted by atomic mass is 16.4. The van der Waals surface area contributed by atoms with E-state index in [1.165, 1.54) is 0 Å². The molecule has 1 saturated carbocycles. The highest BCUT2D eigenvalue weighted by Crippen LogP contribution is 2.40. The molecule has 7 nitrogen and oxygen atoms in total. The number of aromatic nitrogens is 2. The van der Waals surface area contributed by atoms with E-state index in [1.807, 2.05) is 4.57 Å². The molecule has 1 aliphatic rings. The summed E-state index contributed by atoms with van der Waals surface area (Å²) in [4.78, 5) is 26.5. The number of nitrogens with zero attached hydrogens (tertiary/aromatic N) is 2. The summed E-state index contributed by atoms with van der Waals surface area (Å²) in [7, 11) is 0. The lowest BCUT2D eigenvalue weighted by molar-refractivity contribution is 0.0697. The Hall–Kier alpha value is -2.57. The van der Waals surface area contributed by atoms with Gasteiger partial charge in [0.05, 0.1) is 16.6 Å². The van der Waals surface area contributed by atoms with Gasteiger partial charge in [-0.3, -0.25) is 0 Å². The molecule has 1 aromatic heterocycles. The van der Waals surface area contributed by atoms with Crippen LogP contribution in [0.1, 0.15) is 34.9 Å². The fraction of sp³-hybridized carbons (Fsp3) is 0.357. The number of carboxylic acids is 1. The number of benzene rings is 1. The first-order valence-corrected chi connectivity index (χ1v) is 6.83. The van der Waals surface area contributed by atoms with Gasteiger partial charge in [-0.15, -0.1) is 0 Å². The van der Waals surface area contributed by atoms with Crippen molar-refractivity contribution in [2.24, 2.45) is 5.73 Å². The molecule has 1 aromatic carbocycles. The summed E-state index contributed by atoms with van der Waals surface area (Å²) < 4.78 is 1.98. The number of urea groups is 1. The molecule has 0 atom stereocenters. The van der Waals surface area contributed by atoms with Crippen LogP contribution in [0.4, 0.5) is 4.79 Å². The number of fused-ring (bicyclic) bond motifs is 1. The third-order valence-electron chi connectivity index (χ3n) is 3.60. The van der Waals surface area contributed by atoms with Crippen molar-refractivity contribution in [2.75, 3.05) is 6.54 Å². The Balaban J connectivity index is 1.99. The summed E-state index contributed by atoms with van der Waals surface area (Å²) in [6.07, 6.45) is 2.19. The fourth-order valence-corrected chi connectivity index (χ4v) is 2.45. The number of primary amides is 1. The van der Waals surface area contributed by atoms with Crippen LogP contribution in [0.3, 0.4) is 0 Å². The molecule has 0 unspecified atom stereocenters. The first-order chi connectivity index (χ1) is 10.1. The second-order valence-corrected chi connectivity index (χ2v) is 5.20. The summed E-state index contributed by atoms with van der Waals surface area (Å²) in [5, 5.41) is 11.7. The monoisotopic (exact) mass is 288 g/mol. The SMILES string of the molecule is NC(=O)NCCn1c(C2CC2)nc2ccc(C(=O)O)cc21. The Bertz CT molecular complexity index is 718. The van der Waals surface area contributed by atoms with Gasteiger partial charge in [0.1, 0.15) is 5.82 Å². The number of nitrogens with two attached hydrogens (primary N) is 1. The Morgan fingerprint density at radius 1 is 1.43 bits per heavy atom. The van der Waals surface area contributed by atoms with Crippen LogP contribution in [0, 0.1) is 0 Å². The Labute approximate surface area is 120 Å². The molecule has 21 heavy (non-hydrogen) atoms. The van der Waals surface area contributed by atoms with Crippen LogP contribution in [0.15, 0.2) is 18.2 Å². The number of imidazole rings is 1. The Morgan fingerprint density at radius 2 is 2.19 bits per heavy atom. The molecule has 3 rings (SSSR count). The molecule has 0 saturated heterocycles. The third kappa shape index (κ3) is 2.67. The molecule has 1 aliphatic carbocycles. The van der Waals surface area contributed by atoms with Crippen LogP contribution in [0.25, 0.3) is 11.0 Å². The van der Waals surface area contributed by atoms with Gasteiger partial charge in [0.15, 0.2) is 0 Å². The van der Waals surface area contributed by atoms with Crippen LogP contribution in [0.2, 0.25) is 0 Å². The van der Waals surface area contributed by atoms with Crippen molar-refractivity contribution in [3.63, 3.8) is 0 Å². The van der Waals surface area contributed by atoms with Gasteiger partial charge in [-0.2, -0.15) is 0 Å². The predicted octanol–water partition coefficient (Wildman–Crippen LogP) is 1.28. The summed E-state index contributed by atoms with van der Waals surface area (Å²) in [5.74, 6) is 0.422. The fourth-order valence-electron chi connectivity index (χ4n) is 2.45. The van der Waals surface area contributed by atoms with E-state index in [9.17, 15) is 9.59 Å². The van der Waals surface area contributed by atoms with E-state index in [0.717, 1.165) is 29.7 Å². The number of aromatic carboxylic acids is 1. The minimum atomic E-state index is -0.965. The molecule has 0 spiro atoms. The van der Waals surface area contributed by atoms with Crippen LogP contribution in [0.5, 0.6) is 0 Å². The van der Waals surface area contributed by atoms with Crippen LogP contribution in [-0.4, -0.2) is 33.2 Å². The van der Waals surface area contributed by atoms with E-state index in [-0.39, 0.29) is 5.56 Å². The zero-order valence-electron chi connectivity index (χ0n) is 11.4. The quantitative estimate of drug-likeness (QED) is 0.769. The number of hydrogen-bond donors (Lipinski definition) is 3. The molecule has 7 heteroatoms. The number of carbonyl (C=O) groups excluding carboxylic acids is 1. The maximum Gasteiger partial charge on any atom is 0.335 e. The zero-order valence-corrected chi connectivity index (χ0v) is 11.4. The van der Waals surface area contributed by atoms with E-state index in [2.05, 4.69) is 10.3 Å². The lowest BCUT2D eigenvalue weighted by Crippen LogP contribution is -2.32. The first kappa shape index (κ1) is 13.4. The van der Waals surface area contributed by atoms with Gasteiger partial charge in [0.2, 0.25) is 0 Å². The number of nitrogens with one attached hydrogen (secondary N) is 1. The van der Waals surface area contributed by atoms with Crippen molar-refractivity contribution in [2.45, 2.75) is 25.3 Å². The Morgan fingerprint density at radius 3 is 2.81 bits per heavy atom. The van der Waals surface area contributed by atoms with E-state index < -0.39 is 12.0 Å². The van der Waals surface area contributed by atoms with E-state index >= 15 is 0 Å². The predicted molar refractivity (Wildman–Crippen MR) is 76.3 cm³/mol. The molecule has 0 aliphatic heterocycles. The smallest absolute Gasteiger partial charge is 0.335 e. The topological polar surface area (TPSA) is 110 Å². The molecular weight excluding hydrogens is 272 g/mol. The lowest BCUT2D eigenvalue weighted by atomic mass is 10.2. The van der Waals surface area contributed by atoms with Crippen molar-refractivity contribution in [3.8, 4) is 0 Å². The minimum Gasteiger partial charge on any atom is -0.478 e. The average molecular weight is 288 g/mol. The normalized spacial score (nSPS) is 14.3. The lowest BCUT2D eigenvalue weighted by Gasteiger charge is -2.09. The first-order valence-electron chi connectivity index (χ1n) is 6.83. The number of rotatable bonds is 5. The van der Waals surface area contributed by atoms with E-state index in [0.29, 0.717) is 19.0 Å². The van der Waals surface area contributed by atoms with E-state index in [1.54, 1.807) is 18.2 Å². The summed E-state index contributed by atoms with van der Waals surface area (Å²) in [5.41, 5.74) is 6.86. The molecule has 0 radical (unpaired) electrons. The van der Waals surface area contributed by atoms with Gasteiger partial charge < -0.3 is 20.7 Å². The standard InChI is InChI=1S/C14H16N4O3/c15-14(21)16-5-6-18-11-7-9(13(19)20)3-4-10(11)17-12(18)8-1-2-8/h3-4,7-8H,1-2,5-6H2,(H,19,20)(H3,15,16,21). The summed E-state index contributed by atoms with van der Waals surface area (Å²) >= 11 is 0. The van der Waals surface area contributed by atoms with Crippen LogP contribution >= 0.6 is 0 Å². The molecule has 0 bridgehead atoms. The zero-order chi connectivity index (χ0) is 15.0. The number of carbonyl (C=O) groups is 2. The van der Waals surface area contributed by atoms with Crippen molar-refractivity contribution in [3.05, 3.63) is 29.6 Å². The van der Waals surface area contributed by atoms with Gasteiger partial charge in [-0.05, 0) is 31.0 Å². The maximum atomic E-state index is 11.1. The highest BCUT2D eigenvalue weighted by Gasteiger charge is 2.29. The van der Waals surface area contributed by atoms with Gasteiger partial charge in [0, 0.05) is 19.0 Å². The second-order valence-electron chi connectivity index (χ2n) is 5.20.